The van der Waals surface area contributed by atoms with Crippen LogP contribution in [0.3, 0.4) is 0 Å². The van der Waals surface area contributed by atoms with Gasteiger partial charge in [0.15, 0.2) is 5.82 Å². The molecule has 2 unspecified atom stereocenters. The van der Waals surface area contributed by atoms with Crippen LogP contribution in [0, 0.1) is 11.8 Å². The fourth-order valence-electron chi connectivity index (χ4n) is 3.64. The van der Waals surface area contributed by atoms with Gasteiger partial charge in [-0.05, 0) is 25.0 Å². The zero-order valence-electron chi connectivity index (χ0n) is 14.9. The Bertz CT molecular complexity index is 1020. The molecule has 1 aliphatic rings. The first kappa shape index (κ1) is 17.9. The maximum Gasteiger partial charge on any atom is 0.307 e. The summed E-state index contributed by atoms with van der Waals surface area (Å²) >= 11 is 0. The number of nitrogens with zero attached hydrogens (tertiary/aromatic N) is 2. The quantitative estimate of drug-likeness (QED) is 0.701. The van der Waals surface area contributed by atoms with Crippen LogP contribution in [-0.4, -0.2) is 38.2 Å². The number of benzene rings is 2. The van der Waals surface area contributed by atoms with E-state index in [1.54, 1.807) is 0 Å². The van der Waals surface area contributed by atoms with E-state index in [2.05, 4.69) is 9.97 Å². The molecule has 4 rings (SSSR count). The minimum Gasteiger partial charge on any atom is -0.481 e. The molecule has 142 valence electrons. The molecule has 1 aromatic heterocycles. The van der Waals surface area contributed by atoms with E-state index in [4.69, 9.17) is 4.74 Å². The summed E-state index contributed by atoms with van der Waals surface area (Å²) in [6.45, 7) is 0. The summed E-state index contributed by atoms with van der Waals surface area (Å²) in [5.74, 6) is -3.33. The van der Waals surface area contributed by atoms with E-state index in [1.165, 1.54) is 0 Å². The van der Waals surface area contributed by atoms with Gasteiger partial charge in [0.1, 0.15) is 6.10 Å². The second-order valence-corrected chi connectivity index (χ2v) is 6.84. The minimum absolute atomic E-state index is 0.130. The molecule has 2 atom stereocenters. The minimum atomic E-state index is -1.11. The average molecular weight is 378 g/mol. The summed E-state index contributed by atoms with van der Waals surface area (Å²) in [4.78, 5) is 32.0. The second-order valence-electron chi connectivity index (χ2n) is 6.84. The van der Waals surface area contributed by atoms with Gasteiger partial charge in [0.05, 0.1) is 22.7 Å². The van der Waals surface area contributed by atoms with E-state index in [-0.39, 0.29) is 12.8 Å². The monoisotopic (exact) mass is 378 g/mol. The van der Waals surface area contributed by atoms with Crippen LogP contribution >= 0.6 is 0 Å². The fourth-order valence-corrected chi connectivity index (χ4v) is 3.64. The van der Waals surface area contributed by atoms with Crippen LogP contribution in [0.5, 0.6) is 5.88 Å². The Hall–Kier alpha value is -3.48. The Morgan fingerprint density at radius 1 is 0.857 bits per heavy atom. The summed E-state index contributed by atoms with van der Waals surface area (Å²) in [7, 11) is 0. The van der Waals surface area contributed by atoms with Crippen LogP contribution in [0.4, 0.5) is 0 Å². The number of hydrogen-bond donors (Lipinski definition) is 2. The highest BCUT2D eigenvalue weighted by atomic mass is 16.5. The molecule has 0 saturated heterocycles. The average Bonchev–Trinajstić information content (AvgIpc) is 3.13. The molecule has 28 heavy (non-hydrogen) atoms. The molecule has 1 fully saturated rings. The van der Waals surface area contributed by atoms with E-state index in [0.29, 0.717) is 22.6 Å². The molecule has 0 amide bonds. The Morgan fingerprint density at radius 3 is 2.11 bits per heavy atom. The van der Waals surface area contributed by atoms with Crippen molar-refractivity contribution in [3.63, 3.8) is 0 Å². The molecule has 0 radical (unpaired) electrons. The van der Waals surface area contributed by atoms with E-state index >= 15 is 0 Å². The highest BCUT2D eigenvalue weighted by Gasteiger charge is 2.44. The molecular formula is C21H18N2O5. The fraction of sp³-hybridized carbons (Fsp3) is 0.238. The summed E-state index contributed by atoms with van der Waals surface area (Å²) in [6, 6.07) is 16.9. The number of ether oxygens (including phenoxy) is 1. The number of aromatic nitrogens is 2. The van der Waals surface area contributed by atoms with Gasteiger partial charge < -0.3 is 14.9 Å². The van der Waals surface area contributed by atoms with Crippen molar-refractivity contribution in [2.45, 2.75) is 18.9 Å². The van der Waals surface area contributed by atoms with Gasteiger partial charge in [-0.15, -0.1) is 0 Å². The van der Waals surface area contributed by atoms with Crippen molar-refractivity contribution in [3.8, 4) is 17.3 Å². The standard InChI is InChI=1S/C21H18N2O5/c24-20(25)15-10-13(11-16(15)21(26)27)28-19-14-8-4-5-9-17(14)22-18(23-19)12-6-2-1-3-7-12/h1-9,13,15-16H,10-11H2,(H,24,25)(H,26,27). The first-order valence-corrected chi connectivity index (χ1v) is 8.97. The van der Waals surface area contributed by atoms with Crippen molar-refractivity contribution in [2.75, 3.05) is 0 Å². The van der Waals surface area contributed by atoms with Gasteiger partial charge in [0.25, 0.3) is 0 Å². The molecule has 3 aromatic rings. The lowest BCUT2D eigenvalue weighted by atomic mass is 9.97. The summed E-state index contributed by atoms with van der Waals surface area (Å²) in [6.07, 6.45) is -0.277. The van der Waals surface area contributed by atoms with Crippen molar-refractivity contribution < 1.29 is 24.5 Å². The van der Waals surface area contributed by atoms with E-state index < -0.39 is 29.9 Å². The lowest BCUT2D eigenvalue weighted by molar-refractivity contribution is -0.152. The van der Waals surface area contributed by atoms with Gasteiger partial charge in [-0.25, -0.2) is 4.98 Å². The van der Waals surface area contributed by atoms with Gasteiger partial charge in [-0.2, -0.15) is 4.98 Å². The van der Waals surface area contributed by atoms with Crippen LogP contribution in [-0.2, 0) is 9.59 Å². The summed E-state index contributed by atoms with van der Waals surface area (Å²) in [5.41, 5.74) is 1.53. The third kappa shape index (κ3) is 3.38. The maximum atomic E-state index is 11.4. The van der Waals surface area contributed by atoms with Crippen molar-refractivity contribution in [1.29, 1.82) is 0 Å². The van der Waals surface area contributed by atoms with Crippen molar-refractivity contribution in [2.24, 2.45) is 11.8 Å². The molecule has 2 aromatic carbocycles. The largest absolute Gasteiger partial charge is 0.481 e. The number of carboxylic acids is 2. The number of rotatable bonds is 5. The second kappa shape index (κ2) is 7.26. The van der Waals surface area contributed by atoms with Crippen LogP contribution < -0.4 is 4.74 Å². The number of aliphatic carboxylic acids is 2. The molecule has 0 bridgehead atoms. The Morgan fingerprint density at radius 2 is 1.46 bits per heavy atom. The molecule has 7 nitrogen and oxygen atoms in total. The third-order valence-corrected chi connectivity index (χ3v) is 5.03. The first-order chi connectivity index (χ1) is 13.5. The number of fused-ring (bicyclic) bond motifs is 1. The summed E-state index contributed by atoms with van der Waals surface area (Å²) < 4.78 is 6.03. The predicted molar refractivity (Wildman–Crippen MR) is 101 cm³/mol. The highest BCUT2D eigenvalue weighted by molar-refractivity contribution is 5.85. The van der Waals surface area contributed by atoms with Crippen molar-refractivity contribution in [1.82, 2.24) is 9.97 Å². The van der Waals surface area contributed by atoms with Crippen LogP contribution in [0.25, 0.3) is 22.3 Å². The van der Waals surface area contributed by atoms with Crippen molar-refractivity contribution >= 4 is 22.8 Å². The van der Waals surface area contributed by atoms with E-state index in [1.807, 2.05) is 54.6 Å². The van der Waals surface area contributed by atoms with Gasteiger partial charge in [0, 0.05) is 5.56 Å². The highest BCUT2D eigenvalue weighted by Crippen LogP contribution is 2.36. The zero-order valence-corrected chi connectivity index (χ0v) is 14.9. The smallest absolute Gasteiger partial charge is 0.307 e. The third-order valence-electron chi connectivity index (χ3n) is 5.03. The van der Waals surface area contributed by atoms with Crippen LogP contribution in [0.1, 0.15) is 12.8 Å². The molecule has 0 spiro atoms. The Balaban J connectivity index is 1.70. The van der Waals surface area contributed by atoms with Gasteiger partial charge >= 0.3 is 11.9 Å². The zero-order chi connectivity index (χ0) is 19.7. The number of carbonyl (C=O) groups is 2. The molecule has 1 saturated carbocycles. The Labute approximate surface area is 160 Å². The molecule has 1 aliphatic carbocycles. The van der Waals surface area contributed by atoms with E-state index in [9.17, 15) is 19.8 Å². The maximum absolute atomic E-state index is 11.4. The van der Waals surface area contributed by atoms with Gasteiger partial charge in [-0.1, -0.05) is 42.5 Å². The van der Waals surface area contributed by atoms with Gasteiger partial charge in [-0.3, -0.25) is 9.59 Å². The SMILES string of the molecule is O=C(O)C1CC(Oc2nc(-c3ccccc3)nc3ccccc23)CC1C(=O)O. The van der Waals surface area contributed by atoms with Gasteiger partial charge in [0.2, 0.25) is 5.88 Å². The molecule has 7 heteroatoms. The predicted octanol–water partition coefficient (Wildman–Crippen LogP) is 3.24. The molecule has 1 heterocycles. The Kier molecular flexibility index (Phi) is 4.65. The number of carboxylic acid groups (broad SMARTS) is 2. The molecular weight excluding hydrogens is 360 g/mol. The number of hydrogen-bond acceptors (Lipinski definition) is 5. The topological polar surface area (TPSA) is 110 Å². The first-order valence-electron chi connectivity index (χ1n) is 8.97. The molecule has 2 N–H and O–H groups in total. The lowest BCUT2D eigenvalue weighted by Crippen LogP contribution is -2.24. The normalized spacial score (nSPS) is 21.5. The lowest BCUT2D eigenvalue weighted by Gasteiger charge is -2.15. The van der Waals surface area contributed by atoms with E-state index in [0.717, 1.165) is 5.56 Å². The van der Waals surface area contributed by atoms with Crippen molar-refractivity contribution in [3.05, 3.63) is 54.6 Å². The van der Waals surface area contributed by atoms with Crippen LogP contribution in [0.15, 0.2) is 54.6 Å². The number of para-hydroxylation sites is 1. The molecule has 0 aliphatic heterocycles. The summed E-state index contributed by atoms with van der Waals surface area (Å²) in [5, 5.41) is 19.4. The van der Waals surface area contributed by atoms with Crippen LogP contribution in [0.2, 0.25) is 0 Å².